The predicted octanol–water partition coefficient (Wildman–Crippen LogP) is 10.0. The van der Waals surface area contributed by atoms with Gasteiger partial charge in [0.15, 0.2) is 16.6 Å². The summed E-state index contributed by atoms with van der Waals surface area (Å²) in [6, 6.07) is 0. The van der Waals surface area contributed by atoms with Crippen molar-refractivity contribution in [2.24, 2.45) is 17.3 Å². The third-order valence-electron chi connectivity index (χ3n) is 10.4. The van der Waals surface area contributed by atoms with Gasteiger partial charge in [0, 0.05) is 5.92 Å². The smallest absolute Gasteiger partial charge is 0.305 e. The van der Waals surface area contributed by atoms with E-state index in [0.29, 0.717) is 19.3 Å². The minimum atomic E-state index is -2.36. The van der Waals surface area contributed by atoms with Crippen molar-refractivity contribution < 1.29 is 23.5 Å². The van der Waals surface area contributed by atoms with Gasteiger partial charge in [-0.25, -0.2) is 0 Å². The molecule has 5 nitrogen and oxygen atoms in total. The molecule has 40 heavy (non-hydrogen) atoms. The molecule has 0 saturated heterocycles. The number of rotatable bonds is 19. The first-order valence-corrected chi connectivity index (χ1v) is 21.7. The molecule has 0 aromatic rings. The second kappa shape index (κ2) is 15.6. The second-order valence-electron chi connectivity index (χ2n) is 14.9. The van der Waals surface area contributed by atoms with Crippen molar-refractivity contribution in [1.82, 2.24) is 0 Å². The van der Waals surface area contributed by atoms with Crippen molar-refractivity contribution >= 4 is 28.4 Å². The van der Waals surface area contributed by atoms with E-state index >= 15 is 4.79 Å². The molecule has 0 radical (unpaired) electrons. The van der Waals surface area contributed by atoms with Crippen LogP contribution in [0.5, 0.6) is 0 Å². The number of carbonyl (C=O) groups is 2. The molecule has 0 bridgehead atoms. The summed E-state index contributed by atoms with van der Waals surface area (Å²) in [5.41, 5.74) is -0.886. The highest BCUT2D eigenvalue weighted by Gasteiger charge is 2.53. The van der Waals surface area contributed by atoms with E-state index in [1.54, 1.807) is 0 Å². The fourth-order valence-corrected chi connectivity index (χ4v) is 8.10. The lowest BCUT2D eigenvalue weighted by molar-refractivity contribution is -0.150. The van der Waals surface area contributed by atoms with Crippen LogP contribution in [0.2, 0.25) is 36.3 Å². The molecule has 4 atom stereocenters. The molecule has 0 aliphatic carbocycles. The number of carbonyl (C=O) groups excluding carboxylic acids is 1. The van der Waals surface area contributed by atoms with E-state index in [0.717, 1.165) is 25.7 Å². The number of hydrogen-bond donors (Lipinski definition) is 1. The molecule has 0 aromatic carbocycles. The largest absolute Gasteiger partial charge is 0.481 e. The van der Waals surface area contributed by atoms with Crippen LogP contribution in [0, 0.1) is 17.3 Å². The Hall–Kier alpha value is -0.766. The summed E-state index contributed by atoms with van der Waals surface area (Å²) in [5, 5.41) is 9.92. The first kappa shape index (κ1) is 39.2. The molecule has 0 aliphatic rings. The summed E-state index contributed by atoms with van der Waals surface area (Å²) in [6.07, 6.45) is 6.57. The van der Waals surface area contributed by atoms with E-state index in [9.17, 15) is 9.90 Å². The lowest BCUT2D eigenvalue weighted by atomic mass is 9.66. The predicted molar refractivity (Wildman–Crippen MR) is 176 cm³/mol. The van der Waals surface area contributed by atoms with E-state index in [-0.39, 0.29) is 40.2 Å². The maximum Gasteiger partial charge on any atom is 0.305 e. The van der Waals surface area contributed by atoms with Gasteiger partial charge in [-0.15, -0.1) is 6.58 Å². The van der Waals surface area contributed by atoms with E-state index in [2.05, 4.69) is 88.2 Å². The van der Waals surface area contributed by atoms with Crippen LogP contribution in [0.25, 0.3) is 0 Å². The van der Waals surface area contributed by atoms with Gasteiger partial charge < -0.3 is 14.0 Å². The van der Waals surface area contributed by atoms with Gasteiger partial charge in [0.2, 0.25) is 0 Å². The van der Waals surface area contributed by atoms with Crippen LogP contribution in [0.4, 0.5) is 0 Å². The van der Waals surface area contributed by atoms with Crippen LogP contribution in [-0.4, -0.2) is 45.7 Å². The molecule has 0 amide bonds. The maximum absolute atomic E-state index is 15.0. The van der Waals surface area contributed by atoms with Gasteiger partial charge in [-0.1, -0.05) is 81.7 Å². The molecule has 0 saturated carbocycles. The number of hydrogen-bond acceptors (Lipinski definition) is 4. The minimum Gasteiger partial charge on any atom is -0.481 e. The molecule has 0 unspecified atom stereocenters. The topological polar surface area (TPSA) is 72.8 Å². The van der Waals surface area contributed by atoms with Crippen LogP contribution in [0.3, 0.4) is 0 Å². The monoisotopic (exact) mass is 598 g/mol. The number of allylic oxidation sites excluding steroid dienone is 1. The van der Waals surface area contributed by atoms with Crippen LogP contribution in [0.15, 0.2) is 12.7 Å². The van der Waals surface area contributed by atoms with Gasteiger partial charge in [0.1, 0.15) is 5.78 Å². The van der Waals surface area contributed by atoms with Crippen molar-refractivity contribution in [3.63, 3.8) is 0 Å². The number of unbranched alkanes of at least 4 members (excludes halogenated alkanes) is 1. The molecule has 0 aromatic heterocycles. The van der Waals surface area contributed by atoms with E-state index in [1.807, 2.05) is 19.9 Å². The van der Waals surface area contributed by atoms with Crippen molar-refractivity contribution in [2.45, 2.75) is 169 Å². The summed E-state index contributed by atoms with van der Waals surface area (Å²) >= 11 is 0. The Balaban J connectivity index is 7.02. The first-order valence-electron chi connectivity index (χ1n) is 15.8. The molecule has 0 fully saturated rings. The Labute approximate surface area is 250 Å². The van der Waals surface area contributed by atoms with Gasteiger partial charge in [-0.05, 0) is 80.7 Å². The Morgan fingerprint density at radius 2 is 1.32 bits per heavy atom. The minimum absolute atomic E-state index is 0.00981. The number of carboxylic acid groups (broad SMARTS) is 1. The first-order chi connectivity index (χ1) is 18.1. The Morgan fingerprint density at radius 1 is 0.850 bits per heavy atom. The van der Waals surface area contributed by atoms with E-state index in [4.69, 9.17) is 8.85 Å². The number of carboxylic acids is 1. The summed E-state index contributed by atoms with van der Waals surface area (Å²) in [6.45, 7) is 34.3. The Morgan fingerprint density at radius 3 is 1.68 bits per heavy atom. The Bertz CT molecular complexity index is 803. The van der Waals surface area contributed by atoms with Gasteiger partial charge >= 0.3 is 5.97 Å². The van der Waals surface area contributed by atoms with Gasteiger partial charge in [-0.3, -0.25) is 9.59 Å². The zero-order chi connectivity index (χ0) is 31.7. The van der Waals surface area contributed by atoms with E-state index < -0.39 is 34.1 Å². The summed E-state index contributed by atoms with van der Waals surface area (Å²) in [5.74, 6) is -0.854. The standard InChI is InChI=1S/C33H66O5Si2/c1-16-21-22-23-25(17-2)29(38-40(14,15)32(9,10)11)26(18-3)30(36)33(19-4,20-5)27(24-28(34)35)37-39(12,13)31(6,7)8/h16,25-27,29H,1,17-24H2,2-15H3,(H,34,35)/t25-,26+,27-,29-/m0/s1. The number of Topliss-reactive ketones (excluding diaryl/α,β-unsaturated/α-hetero) is 1. The van der Waals surface area contributed by atoms with Crippen molar-refractivity contribution in [3.05, 3.63) is 12.7 Å². The third-order valence-corrected chi connectivity index (χ3v) is 19.3. The van der Waals surface area contributed by atoms with Crippen LogP contribution < -0.4 is 0 Å². The molecule has 0 aliphatic heterocycles. The molecular formula is C33H66O5Si2. The molecular weight excluding hydrogens is 533 g/mol. The average Bonchev–Trinajstić information content (AvgIpc) is 2.81. The fourth-order valence-electron chi connectivity index (χ4n) is 5.34. The zero-order valence-electron chi connectivity index (χ0n) is 28.8. The lowest BCUT2D eigenvalue weighted by Crippen LogP contribution is -2.56. The molecule has 0 spiro atoms. The third kappa shape index (κ3) is 9.91. The molecule has 0 rings (SSSR count). The molecule has 7 heteroatoms. The van der Waals surface area contributed by atoms with Crippen LogP contribution in [0.1, 0.15) is 121 Å². The van der Waals surface area contributed by atoms with Crippen LogP contribution >= 0.6 is 0 Å². The summed E-state index contributed by atoms with van der Waals surface area (Å²) in [4.78, 5) is 27.2. The molecule has 1 N–H and O–H groups in total. The highest BCUT2D eigenvalue weighted by Crippen LogP contribution is 2.47. The normalized spacial score (nSPS) is 16.8. The second-order valence-corrected chi connectivity index (χ2v) is 24.5. The molecule has 0 heterocycles. The van der Waals surface area contributed by atoms with Gasteiger partial charge in [0.05, 0.1) is 24.0 Å². The van der Waals surface area contributed by atoms with Crippen molar-refractivity contribution in [1.29, 1.82) is 0 Å². The summed E-state index contributed by atoms with van der Waals surface area (Å²) < 4.78 is 14.1. The van der Waals surface area contributed by atoms with Gasteiger partial charge in [-0.2, -0.15) is 0 Å². The highest BCUT2D eigenvalue weighted by atomic mass is 28.4. The van der Waals surface area contributed by atoms with Crippen molar-refractivity contribution in [2.75, 3.05) is 0 Å². The lowest BCUT2D eigenvalue weighted by Gasteiger charge is -2.49. The zero-order valence-corrected chi connectivity index (χ0v) is 30.8. The maximum atomic E-state index is 15.0. The number of ketones is 1. The SMILES string of the molecule is C=CCCC[C@H](CC)[C@H](O[Si](C)(C)C(C)(C)C)[C@@H](CC)C(=O)C(CC)(CC)[C@H](CC(=O)O)O[Si](C)(C)C(C)(C)C. The Kier molecular flexibility index (Phi) is 15.3. The van der Waals surface area contributed by atoms with Crippen molar-refractivity contribution in [3.8, 4) is 0 Å². The van der Waals surface area contributed by atoms with E-state index in [1.165, 1.54) is 0 Å². The number of aliphatic carboxylic acids is 1. The quantitative estimate of drug-likeness (QED) is 0.0910. The van der Waals surface area contributed by atoms with Gasteiger partial charge in [0.25, 0.3) is 0 Å². The average molecular weight is 599 g/mol. The summed E-state index contributed by atoms with van der Waals surface area (Å²) in [7, 11) is -4.56. The highest BCUT2D eigenvalue weighted by molar-refractivity contribution is 6.74. The fraction of sp³-hybridized carbons (Fsp3) is 0.879. The van der Waals surface area contributed by atoms with Crippen LogP contribution in [-0.2, 0) is 18.4 Å². The molecule has 236 valence electrons.